The molecular formula is C14H18N2O3. The van der Waals surface area contributed by atoms with Crippen LogP contribution in [-0.2, 0) is 16.0 Å². The molecule has 0 aliphatic carbocycles. The van der Waals surface area contributed by atoms with Gasteiger partial charge in [-0.05, 0) is 30.5 Å². The zero-order valence-electron chi connectivity index (χ0n) is 11.0. The highest BCUT2D eigenvalue weighted by Gasteiger charge is 2.25. The number of rotatable bonds is 5. The van der Waals surface area contributed by atoms with Crippen molar-refractivity contribution in [3.8, 4) is 0 Å². The molecule has 1 N–H and O–H groups in total. The summed E-state index contributed by atoms with van der Waals surface area (Å²) in [6, 6.07) is 7.94. The predicted molar refractivity (Wildman–Crippen MR) is 71.7 cm³/mol. The van der Waals surface area contributed by atoms with Crippen LogP contribution in [0.15, 0.2) is 24.3 Å². The third kappa shape index (κ3) is 3.24. The maximum atomic E-state index is 11.5. The molecule has 1 aromatic carbocycles. The fraction of sp³-hybridized carbons (Fsp3) is 0.429. The number of carboxylic acids is 1. The van der Waals surface area contributed by atoms with Crippen LogP contribution in [0.5, 0.6) is 0 Å². The van der Waals surface area contributed by atoms with E-state index in [0.29, 0.717) is 19.4 Å². The number of nitrogens with zero attached hydrogens (tertiary/aromatic N) is 2. The van der Waals surface area contributed by atoms with Crippen LogP contribution < -0.4 is 5.01 Å². The van der Waals surface area contributed by atoms with E-state index in [0.717, 1.165) is 17.7 Å². The molecule has 1 fully saturated rings. The van der Waals surface area contributed by atoms with Gasteiger partial charge in [0.1, 0.15) is 0 Å². The molecule has 5 nitrogen and oxygen atoms in total. The van der Waals surface area contributed by atoms with Gasteiger partial charge < -0.3 is 5.11 Å². The average Bonchev–Trinajstić information content (AvgIpc) is 2.71. The molecule has 102 valence electrons. The molecule has 0 radical (unpaired) electrons. The molecular weight excluding hydrogens is 244 g/mol. The lowest BCUT2D eigenvalue weighted by molar-refractivity contribution is -0.137. The first-order chi connectivity index (χ1) is 9.08. The number of carboxylic acid groups (broad SMARTS) is 1. The minimum Gasteiger partial charge on any atom is -0.481 e. The van der Waals surface area contributed by atoms with Crippen LogP contribution in [-0.4, -0.2) is 35.6 Å². The Labute approximate surface area is 112 Å². The Hall–Kier alpha value is -2.04. The molecule has 0 saturated carbocycles. The fourth-order valence-corrected chi connectivity index (χ4v) is 2.23. The number of hydrogen-bond acceptors (Lipinski definition) is 3. The van der Waals surface area contributed by atoms with E-state index in [2.05, 4.69) is 0 Å². The summed E-state index contributed by atoms with van der Waals surface area (Å²) >= 11 is 0. The van der Waals surface area contributed by atoms with Gasteiger partial charge in [0.05, 0.1) is 5.69 Å². The monoisotopic (exact) mass is 262 g/mol. The van der Waals surface area contributed by atoms with Crippen molar-refractivity contribution in [1.82, 2.24) is 5.01 Å². The summed E-state index contributed by atoms with van der Waals surface area (Å²) in [5.74, 6) is -0.626. The highest BCUT2D eigenvalue weighted by molar-refractivity contribution is 5.81. The van der Waals surface area contributed by atoms with Gasteiger partial charge in [0.2, 0.25) is 5.91 Å². The molecule has 1 aliphatic heterocycles. The average molecular weight is 262 g/mol. The molecule has 0 atom stereocenters. The Balaban J connectivity index is 1.95. The highest BCUT2D eigenvalue weighted by Crippen LogP contribution is 2.22. The van der Waals surface area contributed by atoms with Crippen LogP contribution >= 0.6 is 0 Å². The molecule has 5 heteroatoms. The van der Waals surface area contributed by atoms with Crippen molar-refractivity contribution in [1.29, 1.82) is 0 Å². The lowest BCUT2D eigenvalue weighted by Gasteiger charge is -2.26. The number of anilines is 1. The van der Waals surface area contributed by atoms with E-state index in [1.807, 2.05) is 29.3 Å². The van der Waals surface area contributed by atoms with Gasteiger partial charge in [-0.2, -0.15) is 0 Å². The van der Waals surface area contributed by atoms with E-state index < -0.39 is 5.97 Å². The van der Waals surface area contributed by atoms with Gasteiger partial charge in [0.25, 0.3) is 0 Å². The number of carbonyl (C=O) groups is 2. The lowest BCUT2D eigenvalue weighted by atomic mass is 10.1. The largest absolute Gasteiger partial charge is 0.481 e. The van der Waals surface area contributed by atoms with Crippen LogP contribution in [0.3, 0.4) is 0 Å². The highest BCUT2D eigenvalue weighted by atomic mass is 16.4. The summed E-state index contributed by atoms with van der Waals surface area (Å²) in [6.07, 6.45) is 2.17. The van der Waals surface area contributed by atoms with Crippen molar-refractivity contribution in [3.63, 3.8) is 0 Å². The second kappa shape index (κ2) is 5.73. The van der Waals surface area contributed by atoms with Gasteiger partial charge in [-0.15, -0.1) is 0 Å². The maximum Gasteiger partial charge on any atom is 0.303 e. The summed E-state index contributed by atoms with van der Waals surface area (Å²) in [5, 5.41) is 12.2. The number of hydrazine groups is 1. The van der Waals surface area contributed by atoms with E-state index in [1.54, 1.807) is 12.1 Å². The van der Waals surface area contributed by atoms with Crippen molar-refractivity contribution in [2.24, 2.45) is 0 Å². The molecule has 1 amide bonds. The van der Waals surface area contributed by atoms with E-state index in [1.165, 1.54) is 0 Å². The molecule has 2 rings (SSSR count). The Kier molecular flexibility index (Phi) is 4.04. The summed E-state index contributed by atoms with van der Waals surface area (Å²) in [6.45, 7) is 0.716. The van der Waals surface area contributed by atoms with Gasteiger partial charge in [-0.25, -0.2) is 0 Å². The van der Waals surface area contributed by atoms with E-state index in [-0.39, 0.29) is 12.3 Å². The number of benzene rings is 1. The number of hydrogen-bond donors (Lipinski definition) is 1. The van der Waals surface area contributed by atoms with Crippen molar-refractivity contribution in [2.45, 2.75) is 25.7 Å². The molecule has 0 unspecified atom stereocenters. The Morgan fingerprint density at radius 2 is 2.00 bits per heavy atom. The molecule has 1 heterocycles. The smallest absolute Gasteiger partial charge is 0.303 e. The second-order valence-corrected chi connectivity index (χ2v) is 4.70. The molecule has 0 spiro atoms. The molecule has 0 bridgehead atoms. The summed E-state index contributed by atoms with van der Waals surface area (Å²) in [7, 11) is 1.77. The number of aryl methyl sites for hydroxylation is 1. The van der Waals surface area contributed by atoms with E-state index in [9.17, 15) is 9.59 Å². The van der Waals surface area contributed by atoms with E-state index in [4.69, 9.17) is 5.11 Å². The molecule has 1 aromatic rings. The zero-order valence-corrected chi connectivity index (χ0v) is 11.0. The van der Waals surface area contributed by atoms with Crippen LogP contribution in [0.1, 0.15) is 24.8 Å². The van der Waals surface area contributed by atoms with Gasteiger partial charge in [-0.1, -0.05) is 12.1 Å². The van der Waals surface area contributed by atoms with Gasteiger partial charge in [0, 0.05) is 26.4 Å². The third-order valence-corrected chi connectivity index (χ3v) is 3.35. The first-order valence-electron chi connectivity index (χ1n) is 6.42. The fourth-order valence-electron chi connectivity index (χ4n) is 2.23. The first kappa shape index (κ1) is 13.4. The van der Waals surface area contributed by atoms with Crippen molar-refractivity contribution >= 4 is 17.6 Å². The standard InChI is InChI=1S/C14H18N2O3/c1-15-13(17)9-10-16(15)12-7-5-11(6-8-12)3-2-4-14(18)19/h5-8H,2-4,9-10H2,1H3,(H,18,19). The third-order valence-electron chi connectivity index (χ3n) is 3.35. The molecule has 0 aromatic heterocycles. The van der Waals surface area contributed by atoms with Crippen molar-refractivity contribution in [2.75, 3.05) is 18.6 Å². The quantitative estimate of drug-likeness (QED) is 0.877. The van der Waals surface area contributed by atoms with Gasteiger partial charge in [0.15, 0.2) is 0 Å². The maximum absolute atomic E-state index is 11.5. The summed E-state index contributed by atoms with van der Waals surface area (Å²) in [4.78, 5) is 21.9. The Morgan fingerprint density at radius 3 is 2.53 bits per heavy atom. The SMILES string of the molecule is CN1C(=O)CCN1c1ccc(CCCC(=O)O)cc1. The zero-order chi connectivity index (χ0) is 13.8. The lowest BCUT2D eigenvalue weighted by Crippen LogP contribution is -2.35. The minimum absolute atomic E-state index is 0.130. The second-order valence-electron chi connectivity index (χ2n) is 4.70. The summed E-state index contributed by atoms with van der Waals surface area (Å²) < 4.78 is 0. The topological polar surface area (TPSA) is 60.9 Å². The normalized spacial score (nSPS) is 15.1. The van der Waals surface area contributed by atoms with E-state index >= 15 is 0 Å². The van der Waals surface area contributed by atoms with Crippen LogP contribution in [0.2, 0.25) is 0 Å². The number of amides is 1. The molecule has 19 heavy (non-hydrogen) atoms. The van der Waals surface area contributed by atoms with Crippen LogP contribution in [0, 0.1) is 0 Å². The van der Waals surface area contributed by atoms with Crippen LogP contribution in [0.4, 0.5) is 5.69 Å². The molecule has 1 aliphatic rings. The number of carbonyl (C=O) groups excluding carboxylic acids is 1. The van der Waals surface area contributed by atoms with Crippen molar-refractivity contribution in [3.05, 3.63) is 29.8 Å². The number of aliphatic carboxylic acids is 1. The summed E-state index contributed by atoms with van der Waals surface area (Å²) in [5.41, 5.74) is 2.12. The predicted octanol–water partition coefficient (Wildman–Crippen LogP) is 1.68. The Bertz CT molecular complexity index is 470. The van der Waals surface area contributed by atoms with Crippen LogP contribution in [0.25, 0.3) is 0 Å². The molecule has 1 saturated heterocycles. The van der Waals surface area contributed by atoms with Gasteiger partial charge in [-0.3, -0.25) is 19.6 Å². The minimum atomic E-state index is -0.756. The Morgan fingerprint density at radius 1 is 1.32 bits per heavy atom. The van der Waals surface area contributed by atoms with Gasteiger partial charge >= 0.3 is 5.97 Å². The first-order valence-corrected chi connectivity index (χ1v) is 6.42. The van der Waals surface area contributed by atoms with Crippen molar-refractivity contribution < 1.29 is 14.7 Å².